The van der Waals surface area contributed by atoms with Crippen molar-refractivity contribution in [1.29, 1.82) is 0 Å². The summed E-state index contributed by atoms with van der Waals surface area (Å²) < 4.78 is 2.13. The Hall–Kier alpha value is -1.91. The predicted molar refractivity (Wildman–Crippen MR) is 71.5 cm³/mol. The zero-order valence-electron chi connectivity index (χ0n) is 10.9. The number of rotatable bonds is 6. The average Bonchev–Trinajstić information content (AvgIpc) is 2.80. The SMILES string of the molecule is CCNc1nnc(CCc2ccncc2)n1CC. The summed E-state index contributed by atoms with van der Waals surface area (Å²) in [6, 6.07) is 4.08. The maximum Gasteiger partial charge on any atom is 0.224 e. The number of aromatic nitrogens is 4. The molecule has 0 atom stereocenters. The van der Waals surface area contributed by atoms with Crippen LogP contribution in [0.2, 0.25) is 0 Å². The molecule has 0 aliphatic rings. The molecule has 96 valence electrons. The van der Waals surface area contributed by atoms with E-state index < -0.39 is 0 Å². The first-order valence-corrected chi connectivity index (χ1v) is 6.40. The summed E-state index contributed by atoms with van der Waals surface area (Å²) in [5.41, 5.74) is 1.28. The van der Waals surface area contributed by atoms with Crippen molar-refractivity contribution < 1.29 is 0 Å². The Kier molecular flexibility index (Phi) is 4.28. The maximum atomic E-state index is 4.26. The van der Waals surface area contributed by atoms with E-state index in [0.29, 0.717) is 0 Å². The molecular formula is C13H19N5. The molecule has 0 aromatic carbocycles. The maximum absolute atomic E-state index is 4.26. The van der Waals surface area contributed by atoms with E-state index in [1.807, 2.05) is 24.5 Å². The van der Waals surface area contributed by atoms with Crippen LogP contribution in [0.4, 0.5) is 5.95 Å². The minimum Gasteiger partial charge on any atom is -0.355 e. The van der Waals surface area contributed by atoms with Crippen molar-refractivity contribution >= 4 is 5.95 Å². The van der Waals surface area contributed by atoms with Gasteiger partial charge in [0.2, 0.25) is 5.95 Å². The highest BCUT2D eigenvalue weighted by Crippen LogP contribution is 2.10. The molecule has 5 heteroatoms. The van der Waals surface area contributed by atoms with Crippen LogP contribution in [0.25, 0.3) is 0 Å². The van der Waals surface area contributed by atoms with Crippen molar-refractivity contribution in [2.24, 2.45) is 0 Å². The second-order valence-electron chi connectivity index (χ2n) is 4.07. The molecule has 5 nitrogen and oxygen atoms in total. The van der Waals surface area contributed by atoms with E-state index in [9.17, 15) is 0 Å². The molecule has 0 saturated carbocycles. The van der Waals surface area contributed by atoms with Gasteiger partial charge in [-0.3, -0.25) is 9.55 Å². The summed E-state index contributed by atoms with van der Waals surface area (Å²) in [7, 11) is 0. The fourth-order valence-electron chi connectivity index (χ4n) is 1.95. The fraction of sp³-hybridized carbons (Fsp3) is 0.462. The van der Waals surface area contributed by atoms with Crippen LogP contribution < -0.4 is 5.32 Å². The topological polar surface area (TPSA) is 55.6 Å². The fourth-order valence-corrected chi connectivity index (χ4v) is 1.95. The van der Waals surface area contributed by atoms with Gasteiger partial charge in [0.05, 0.1) is 0 Å². The summed E-state index contributed by atoms with van der Waals surface area (Å²) in [5, 5.41) is 11.7. The van der Waals surface area contributed by atoms with Crippen molar-refractivity contribution in [3.05, 3.63) is 35.9 Å². The Morgan fingerprint density at radius 2 is 1.89 bits per heavy atom. The van der Waals surface area contributed by atoms with E-state index in [1.165, 1.54) is 5.56 Å². The number of anilines is 1. The molecule has 1 N–H and O–H groups in total. The van der Waals surface area contributed by atoms with Gasteiger partial charge >= 0.3 is 0 Å². The highest BCUT2D eigenvalue weighted by atomic mass is 15.3. The van der Waals surface area contributed by atoms with Gasteiger partial charge in [-0.15, -0.1) is 10.2 Å². The molecule has 0 saturated heterocycles. The van der Waals surface area contributed by atoms with Gasteiger partial charge in [0, 0.05) is 31.9 Å². The lowest BCUT2D eigenvalue weighted by molar-refractivity contribution is 0.692. The van der Waals surface area contributed by atoms with Crippen LogP contribution >= 0.6 is 0 Å². The van der Waals surface area contributed by atoms with E-state index in [1.54, 1.807) is 0 Å². The first-order valence-electron chi connectivity index (χ1n) is 6.40. The van der Waals surface area contributed by atoms with Gasteiger partial charge in [0.25, 0.3) is 0 Å². The highest BCUT2D eigenvalue weighted by molar-refractivity contribution is 5.25. The molecule has 18 heavy (non-hydrogen) atoms. The lowest BCUT2D eigenvalue weighted by Gasteiger charge is -2.07. The van der Waals surface area contributed by atoms with Crippen molar-refractivity contribution in [2.75, 3.05) is 11.9 Å². The van der Waals surface area contributed by atoms with Crippen LogP contribution in [0.15, 0.2) is 24.5 Å². The van der Waals surface area contributed by atoms with E-state index >= 15 is 0 Å². The normalized spacial score (nSPS) is 10.6. The smallest absolute Gasteiger partial charge is 0.224 e. The van der Waals surface area contributed by atoms with Crippen LogP contribution in [0.5, 0.6) is 0 Å². The molecule has 0 aliphatic heterocycles. The second kappa shape index (κ2) is 6.14. The summed E-state index contributed by atoms with van der Waals surface area (Å²) in [6.45, 7) is 5.93. The number of nitrogens with zero attached hydrogens (tertiary/aromatic N) is 4. The molecular weight excluding hydrogens is 226 g/mol. The molecule has 0 spiro atoms. The highest BCUT2D eigenvalue weighted by Gasteiger charge is 2.09. The summed E-state index contributed by atoms with van der Waals surface area (Å²) in [6.07, 6.45) is 5.51. The zero-order valence-corrected chi connectivity index (χ0v) is 10.9. The van der Waals surface area contributed by atoms with Crippen LogP contribution in [-0.4, -0.2) is 26.3 Å². The minimum absolute atomic E-state index is 0.864. The van der Waals surface area contributed by atoms with Gasteiger partial charge in [-0.2, -0.15) is 0 Å². The molecule has 2 aromatic heterocycles. The quantitative estimate of drug-likeness (QED) is 0.844. The van der Waals surface area contributed by atoms with E-state index in [2.05, 4.69) is 38.9 Å². The molecule has 0 fully saturated rings. The van der Waals surface area contributed by atoms with Crippen LogP contribution in [-0.2, 0) is 19.4 Å². The first-order chi connectivity index (χ1) is 8.85. The number of hydrogen-bond donors (Lipinski definition) is 1. The number of hydrogen-bond acceptors (Lipinski definition) is 4. The molecule has 2 heterocycles. The van der Waals surface area contributed by atoms with Gasteiger partial charge in [-0.1, -0.05) is 0 Å². The molecule has 0 bridgehead atoms. The third-order valence-corrected chi connectivity index (χ3v) is 2.87. The third kappa shape index (κ3) is 2.85. The van der Waals surface area contributed by atoms with Crippen LogP contribution in [0.1, 0.15) is 25.2 Å². The van der Waals surface area contributed by atoms with E-state index in [-0.39, 0.29) is 0 Å². The van der Waals surface area contributed by atoms with Gasteiger partial charge in [-0.25, -0.2) is 0 Å². The van der Waals surface area contributed by atoms with Gasteiger partial charge in [0.15, 0.2) is 0 Å². The standard InChI is InChI=1S/C13H19N5/c1-3-15-13-17-16-12(18(13)4-2)6-5-11-7-9-14-10-8-11/h7-10H,3-6H2,1-2H3,(H,15,17). The molecule has 0 unspecified atom stereocenters. The van der Waals surface area contributed by atoms with Crippen molar-refractivity contribution in [2.45, 2.75) is 33.2 Å². The van der Waals surface area contributed by atoms with Crippen LogP contribution in [0.3, 0.4) is 0 Å². The Bertz CT molecular complexity index is 477. The number of pyridine rings is 1. The monoisotopic (exact) mass is 245 g/mol. The zero-order chi connectivity index (χ0) is 12.8. The number of nitrogens with one attached hydrogen (secondary N) is 1. The van der Waals surface area contributed by atoms with Gasteiger partial charge in [-0.05, 0) is 38.0 Å². The summed E-state index contributed by atoms with van der Waals surface area (Å²) in [4.78, 5) is 4.02. The summed E-state index contributed by atoms with van der Waals surface area (Å²) >= 11 is 0. The Balaban J connectivity index is 2.05. The number of aryl methyl sites for hydroxylation is 2. The molecule has 2 rings (SSSR count). The van der Waals surface area contributed by atoms with Crippen molar-refractivity contribution in [3.63, 3.8) is 0 Å². The van der Waals surface area contributed by atoms with Gasteiger partial charge in [0.1, 0.15) is 5.82 Å². The van der Waals surface area contributed by atoms with Gasteiger partial charge < -0.3 is 5.32 Å². The molecule has 0 aliphatic carbocycles. The predicted octanol–water partition coefficient (Wildman–Crippen LogP) is 1.91. The Labute approximate surface area is 107 Å². The van der Waals surface area contributed by atoms with E-state index in [4.69, 9.17) is 0 Å². The Morgan fingerprint density at radius 1 is 1.11 bits per heavy atom. The molecule has 0 radical (unpaired) electrons. The third-order valence-electron chi connectivity index (χ3n) is 2.87. The Morgan fingerprint density at radius 3 is 2.56 bits per heavy atom. The molecule has 0 amide bonds. The van der Waals surface area contributed by atoms with E-state index in [0.717, 1.165) is 37.7 Å². The minimum atomic E-state index is 0.864. The first kappa shape index (κ1) is 12.5. The lowest BCUT2D eigenvalue weighted by Crippen LogP contribution is -2.09. The lowest BCUT2D eigenvalue weighted by atomic mass is 10.1. The van der Waals surface area contributed by atoms with Crippen molar-refractivity contribution in [3.8, 4) is 0 Å². The largest absolute Gasteiger partial charge is 0.355 e. The summed E-state index contributed by atoms with van der Waals surface area (Å²) in [5.74, 6) is 1.90. The molecule has 2 aromatic rings. The average molecular weight is 245 g/mol. The van der Waals surface area contributed by atoms with Crippen LogP contribution in [0, 0.1) is 0 Å². The van der Waals surface area contributed by atoms with Crippen molar-refractivity contribution in [1.82, 2.24) is 19.7 Å². The second-order valence-corrected chi connectivity index (χ2v) is 4.07.